The molecule has 0 aliphatic rings. The number of hydrogen-bond acceptors (Lipinski definition) is 3. The summed E-state index contributed by atoms with van der Waals surface area (Å²) in [6.45, 7) is 3.22. The first-order valence-electron chi connectivity index (χ1n) is 6.82. The van der Waals surface area contributed by atoms with Crippen molar-refractivity contribution in [1.29, 1.82) is 0 Å². The number of nitrogens with two attached hydrogens (primary N) is 1. The van der Waals surface area contributed by atoms with E-state index in [0.29, 0.717) is 6.54 Å². The number of unbranched alkanes of at least 4 members (excludes halogenated alkanes) is 2. The van der Waals surface area contributed by atoms with Gasteiger partial charge in [0.15, 0.2) is 0 Å². The number of hydrogen-bond donors (Lipinski definition) is 2. The molecule has 4 nitrogen and oxygen atoms in total. The van der Waals surface area contributed by atoms with Crippen molar-refractivity contribution in [3.8, 4) is 5.75 Å². The van der Waals surface area contributed by atoms with Crippen LogP contribution >= 0.6 is 0 Å². The van der Waals surface area contributed by atoms with E-state index in [0.717, 1.165) is 24.3 Å². The summed E-state index contributed by atoms with van der Waals surface area (Å²) in [6, 6.07) is 7.56. The Balaban J connectivity index is 2.52. The van der Waals surface area contributed by atoms with Crippen molar-refractivity contribution in [2.45, 2.75) is 38.5 Å². The molecule has 0 heterocycles. The molecule has 1 atom stereocenters. The summed E-state index contributed by atoms with van der Waals surface area (Å²) in [7, 11) is 0. The van der Waals surface area contributed by atoms with E-state index in [1.807, 2.05) is 24.3 Å². The third-order valence-corrected chi connectivity index (χ3v) is 3.07. The Morgan fingerprint density at radius 1 is 1.32 bits per heavy atom. The fraction of sp³-hybridized carbons (Fsp3) is 0.533. The standard InChI is InChI=1S/C15H23NO3/c1-2-3-4-9-19-14-7-5-12(6-8-14)13(11-16)10-15(17)18/h5-8,13H,2-4,9-11,16H2,1H3,(H,17,18). The van der Waals surface area contributed by atoms with Crippen LogP contribution in [0.2, 0.25) is 0 Å². The van der Waals surface area contributed by atoms with Gasteiger partial charge in [-0.2, -0.15) is 0 Å². The molecule has 0 fully saturated rings. The van der Waals surface area contributed by atoms with E-state index < -0.39 is 5.97 Å². The normalized spacial score (nSPS) is 12.1. The second-order valence-corrected chi connectivity index (χ2v) is 4.66. The highest BCUT2D eigenvalue weighted by Crippen LogP contribution is 2.21. The minimum atomic E-state index is -0.824. The zero-order valence-corrected chi connectivity index (χ0v) is 11.5. The van der Waals surface area contributed by atoms with Crippen molar-refractivity contribution in [2.24, 2.45) is 5.73 Å². The summed E-state index contributed by atoms with van der Waals surface area (Å²) < 4.78 is 5.61. The summed E-state index contributed by atoms with van der Waals surface area (Å²) >= 11 is 0. The topological polar surface area (TPSA) is 72.5 Å². The molecule has 1 aromatic carbocycles. The Hall–Kier alpha value is -1.55. The highest BCUT2D eigenvalue weighted by atomic mass is 16.5. The van der Waals surface area contributed by atoms with Gasteiger partial charge >= 0.3 is 5.97 Å². The van der Waals surface area contributed by atoms with Crippen molar-refractivity contribution in [3.05, 3.63) is 29.8 Å². The van der Waals surface area contributed by atoms with Gasteiger partial charge in [-0.25, -0.2) is 0 Å². The average Bonchev–Trinajstić information content (AvgIpc) is 2.41. The van der Waals surface area contributed by atoms with Crippen LogP contribution < -0.4 is 10.5 Å². The van der Waals surface area contributed by atoms with Crippen molar-refractivity contribution < 1.29 is 14.6 Å². The molecular weight excluding hydrogens is 242 g/mol. The number of rotatable bonds is 9. The summed E-state index contributed by atoms with van der Waals surface area (Å²) in [4.78, 5) is 10.7. The largest absolute Gasteiger partial charge is 0.494 e. The van der Waals surface area contributed by atoms with E-state index in [4.69, 9.17) is 15.6 Å². The lowest BCUT2D eigenvalue weighted by atomic mass is 9.96. The summed E-state index contributed by atoms with van der Waals surface area (Å²) in [5.41, 5.74) is 6.56. The molecule has 1 aromatic rings. The van der Waals surface area contributed by atoms with E-state index in [2.05, 4.69) is 6.92 Å². The van der Waals surface area contributed by atoms with Crippen LogP contribution in [-0.4, -0.2) is 24.2 Å². The average molecular weight is 265 g/mol. The second kappa shape index (κ2) is 8.53. The molecule has 1 unspecified atom stereocenters. The maximum absolute atomic E-state index is 10.7. The minimum absolute atomic E-state index is 0.0627. The Labute approximate surface area is 114 Å². The van der Waals surface area contributed by atoms with E-state index in [9.17, 15) is 4.79 Å². The highest BCUT2D eigenvalue weighted by Gasteiger charge is 2.13. The third-order valence-electron chi connectivity index (χ3n) is 3.07. The fourth-order valence-corrected chi connectivity index (χ4v) is 1.93. The van der Waals surface area contributed by atoms with E-state index in [1.165, 1.54) is 12.8 Å². The maximum Gasteiger partial charge on any atom is 0.304 e. The number of aliphatic carboxylic acids is 1. The molecule has 0 aromatic heterocycles. The molecule has 0 bridgehead atoms. The van der Waals surface area contributed by atoms with Crippen LogP contribution in [-0.2, 0) is 4.79 Å². The van der Waals surface area contributed by atoms with Gasteiger partial charge in [-0.1, -0.05) is 31.9 Å². The first-order valence-corrected chi connectivity index (χ1v) is 6.82. The molecule has 4 heteroatoms. The molecule has 0 saturated heterocycles. The van der Waals surface area contributed by atoms with Crippen molar-refractivity contribution in [3.63, 3.8) is 0 Å². The zero-order valence-electron chi connectivity index (χ0n) is 11.5. The van der Waals surface area contributed by atoms with Gasteiger partial charge in [0.25, 0.3) is 0 Å². The number of benzene rings is 1. The molecule has 1 rings (SSSR count). The maximum atomic E-state index is 10.7. The number of carbonyl (C=O) groups is 1. The zero-order chi connectivity index (χ0) is 14.1. The van der Waals surface area contributed by atoms with Crippen LogP contribution in [0.25, 0.3) is 0 Å². The Morgan fingerprint density at radius 3 is 2.53 bits per heavy atom. The predicted octanol–water partition coefficient (Wildman–Crippen LogP) is 2.77. The predicted molar refractivity (Wildman–Crippen MR) is 75.5 cm³/mol. The fourth-order valence-electron chi connectivity index (χ4n) is 1.93. The van der Waals surface area contributed by atoms with Crippen LogP contribution in [0.3, 0.4) is 0 Å². The monoisotopic (exact) mass is 265 g/mol. The Bertz CT molecular complexity index is 375. The van der Waals surface area contributed by atoms with Gasteiger partial charge in [-0.05, 0) is 30.7 Å². The molecule has 0 amide bonds. The van der Waals surface area contributed by atoms with Gasteiger partial charge in [0.1, 0.15) is 5.75 Å². The van der Waals surface area contributed by atoms with Crippen molar-refractivity contribution in [2.75, 3.05) is 13.2 Å². The van der Waals surface area contributed by atoms with Gasteiger partial charge in [-0.15, -0.1) is 0 Å². The minimum Gasteiger partial charge on any atom is -0.494 e. The number of carboxylic acid groups (broad SMARTS) is 1. The quantitative estimate of drug-likeness (QED) is 0.673. The van der Waals surface area contributed by atoms with Crippen molar-refractivity contribution in [1.82, 2.24) is 0 Å². The Morgan fingerprint density at radius 2 is 2.00 bits per heavy atom. The third kappa shape index (κ3) is 5.75. The molecule has 0 aliphatic heterocycles. The van der Waals surface area contributed by atoms with Crippen LogP contribution in [0.5, 0.6) is 5.75 Å². The molecule has 3 N–H and O–H groups in total. The molecule has 0 radical (unpaired) electrons. The number of ether oxygens (including phenoxy) is 1. The summed E-state index contributed by atoms with van der Waals surface area (Å²) in [5.74, 6) is -0.132. The van der Waals surface area contributed by atoms with Gasteiger partial charge < -0.3 is 15.6 Å². The van der Waals surface area contributed by atoms with Crippen LogP contribution in [0.4, 0.5) is 0 Å². The van der Waals surface area contributed by atoms with Crippen LogP contribution in [0.15, 0.2) is 24.3 Å². The number of carboxylic acids is 1. The van der Waals surface area contributed by atoms with Crippen LogP contribution in [0, 0.1) is 0 Å². The molecule has 106 valence electrons. The molecule has 0 aliphatic carbocycles. The lowest BCUT2D eigenvalue weighted by molar-refractivity contribution is -0.137. The van der Waals surface area contributed by atoms with E-state index >= 15 is 0 Å². The van der Waals surface area contributed by atoms with Gasteiger partial charge in [0, 0.05) is 5.92 Å². The summed E-state index contributed by atoms with van der Waals surface area (Å²) in [6.07, 6.45) is 3.47. The lowest BCUT2D eigenvalue weighted by Crippen LogP contribution is -2.16. The highest BCUT2D eigenvalue weighted by molar-refractivity contribution is 5.68. The summed E-state index contributed by atoms with van der Waals surface area (Å²) in [5, 5.41) is 8.82. The van der Waals surface area contributed by atoms with Gasteiger partial charge in [0.2, 0.25) is 0 Å². The van der Waals surface area contributed by atoms with Crippen molar-refractivity contribution >= 4 is 5.97 Å². The molecule has 19 heavy (non-hydrogen) atoms. The molecule has 0 spiro atoms. The van der Waals surface area contributed by atoms with Gasteiger partial charge in [0.05, 0.1) is 13.0 Å². The second-order valence-electron chi connectivity index (χ2n) is 4.66. The van der Waals surface area contributed by atoms with Crippen LogP contribution in [0.1, 0.15) is 44.1 Å². The van der Waals surface area contributed by atoms with Gasteiger partial charge in [-0.3, -0.25) is 4.79 Å². The van der Waals surface area contributed by atoms with E-state index in [1.54, 1.807) is 0 Å². The first-order chi connectivity index (χ1) is 9.17. The lowest BCUT2D eigenvalue weighted by Gasteiger charge is -2.13. The smallest absolute Gasteiger partial charge is 0.304 e. The first kappa shape index (κ1) is 15.5. The Kier molecular flexibility index (Phi) is 6.97. The molecule has 0 saturated carbocycles. The van der Waals surface area contributed by atoms with E-state index in [-0.39, 0.29) is 12.3 Å². The molecular formula is C15H23NO3. The SMILES string of the molecule is CCCCCOc1ccc(C(CN)CC(=O)O)cc1.